The number of nitrogens with one attached hydrogen (secondary N) is 1. The molecule has 0 aliphatic rings. The summed E-state index contributed by atoms with van der Waals surface area (Å²) in [6.45, 7) is 3.93. The lowest BCUT2D eigenvalue weighted by molar-refractivity contribution is 0.102. The first-order valence-electron chi connectivity index (χ1n) is 7.32. The molecule has 24 heavy (non-hydrogen) atoms. The topological polar surface area (TPSA) is 85.8 Å². The van der Waals surface area contributed by atoms with Crippen molar-refractivity contribution < 1.29 is 4.79 Å². The molecule has 0 aliphatic carbocycles. The number of halogens is 1. The predicted octanol–water partition coefficient (Wildman–Crippen LogP) is 3.37. The second-order valence-corrected chi connectivity index (χ2v) is 5.85. The Balaban J connectivity index is 1.89. The Bertz CT molecular complexity index is 902. The molecule has 1 heterocycles. The maximum atomic E-state index is 12.5. The van der Waals surface area contributed by atoms with Crippen LogP contribution in [0.1, 0.15) is 21.6 Å². The zero-order valence-electron chi connectivity index (χ0n) is 13.2. The van der Waals surface area contributed by atoms with Gasteiger partial charge in [-0.25, -0.2) is 0 Å². The number of nitrogens with two attached hydrogens (primary N) is 1. The van der Waals surface area contributed by atoms with Crippen LogP contribution in [0.25, 0.3) is 5.69 Å². The van der Waals surface area contributed by atoms with Gasteiger partial charge in [0.2, 0.25) is 0 Å². The number of aromatic nitrogens is 3. The summed E-state index contributed by atoms with van der Waals surface area (Å²) in [4.78, 5) is 12.5. The summed E-state index contributed by atoms with van der Waals surface area (Å²) in [5.74, 6) is -0.235. The van der Waals surface area contributed by atoms with Gasteiger partial charge in [0.05, 0.1) is 5.69 Å². The summed E-state index contributed by atoms with van der Waals surface area (Å²) in [5.41, 5.74) is 9.60. The molecule has 3 rings (SSSR count). The van der Waals surface area contributed by atoms with Crippen molar-refractivity contribution in [2.75, 3.05) is 11.1 Å². The van der Waals surface area contributed by atoms with Crippen molar-refractivity contribution in [3.63, 3.8) is 0 Å². The van der Waals surface area contributed by atoms with Crippen LogP contribution < -0.4 is 11.1 Å². The molecule has 0 atom stereocenters. The molecule has 0 bridgehead atoms. The van der Waals surface area contributed by atoms with Crippen LogP contribution >= 0.6 is 11.6 Å². The Morgan fingerprint density at radius 1 is 1.17 bits per heavy atom. The normalized spacial score (nSPS) is 10.6. The highest BCUT2D eigenvalue weighted by Gasteiger charge is 2.19. The summed E-state index contributed by atoms with van der Waals surface area (Å²) in [6.07, 6.45) is 0. The van der Waals surface area contributed by atoms with E-state index in [1.807, 2.05) is 32.0 Å². The molecule has 2 aromatic carbocycles. The van der Waals surface area contributed by atoms with Gasteiger partial charge in [-0.05, 0) is 55.3 Å². The van der Waals surface area contributed by atoms with Crippen LogP contribution in [0.2, 0.25) is 5.02 Å². The fraction of sp³-hybridized carbons (Fsp3) is 0.118. The lowest BCUT2D eigenvalue weighted by Crippen LogP contribution is -2.16. The Labute approximate surface area is 144 Å². The standard InChI is InChI=1S/C17H16ClN5O/c1-10-4-3-5-14(11(10)2)20-17(24)15-16(19)23(22-21-15)13-8-6-12(18)7-9-13/h3-9H,19H2,1-2H3,(H,20,24). The smallest absolute Gasteiger partial charge is 0.280 e. The highest BCUT2D eigenvalue weighted by Crippen LogP contribution is 2.21. The van der Waals surface area contributed by atoms with Crippen LogP contribution in [0.3, 0.4) is 0 Å². The first-order chi connectivity index (χ1) is 11.5. The van der Waals surface area contributed by atoms with Crippen LogP contribution in [-0.4, -0.2) is 20.9 Å². The van der Waals surface area contributed by atoms with Gasteiger partial charge in [-0.15, -0.1) is 5.10 Å². The van der Waals surface area contributed by atoms with Crippen molar-refractivity contribution in [3.8, 4) is 5.69 Å². The van der Waals surface area contributed by atoms with E-state index >= 15 is 0 Å². The van der Waals surface area contributed by atoms with E-state index in [2.05, 4.69) is 15.6 Å². The largest absolute Gasteiger partial charge is 0.382 e. The molecule has 0 saturated heterocycles. The summed E-state index contributed by atoms with van der Waals surface area (Å²) >= 11 is 5.87. The average Bonchev–Trinajstić information content (AvgIpc) is 2.94. The maximum absolute atomic E-state index is 12.5. The first kappa shape index (κ1) is 16.0. The number of rotatable bonds is 3. The first-order valence-corrected chi connectivity index (χ1v) is 7.70. The van der Waals surface area contributed by atoms with Crippen LogP contribution in [0.15, 0.2) is 42.5 Å². The molecular weight excluding hydrogens is 326 g/mol. The third kappa shape index (κ3) is 2.96. The zero-order valence-corrected chi connectivity index (χ0v) is 14.0. The average molecular weight is 342 g/mol. The van der Waals surface area contributed by atoms with Crippen LogP contribution in [0.5, 0.6) is 0 Å². The van der Waals surface area contributed by atoms with Gasteiger partial charge >= 0.3 is 0 Å². The Morgan fingerprint density at radius 2 is 1.88 bits per heavy atom. The lowest BCUT2D eigenvalue weighted by atomic mass is 10.1. The molecule has 1 aromatic heterocycles. The molecule has 0 aliphatic heterocycles. The summed E-state index contributed by atoms with van der Waals surface area (Å²) in [5, 5.41) is 11.3. The molecule has 0 spiro atoms. The molecule has 0 unspecified atom stereocenters. The number of aryl methyl sites for hydroxylation is 1. The summed E-state index contributed by atoms with van der Waals surface area (Å²) in [6, 6.07) is 12.6. The highest BCUT2D eigenvalue weighted by molar-refractivity contribution is 6.30. The van der Waals surface area contributed by atoms with Gasteiger partial charge < -0.3 is 11.1 Å². The van der Waals surface area contributed by atoms with E-state index in [0.717, 1.165) is 16.8 Å². The van der Waals surface area contributed by atoms with Crippen LogP contribution in [0.4, 0.5) is 11.5 Å². The zero-order chi connectivity index (χ0) is 17.3. The molecule has 3 N–H and O–H groups in total. The minimum Gasteiger partial charge on any atom is -0.382 e. The van der Waals surface area contributed by atoms with E-state index in [9.17, 15) is 4.79 Å². The van der Waals surface area contributed by atoms with Gasteiger partial charge in [-0.3, -0.25) is 4.79 Å². The van der Waals surface area contributed by atoms with Gasteiger partial charge in [0.15, 0.2) is 11.5 Å². The van der Waals surface area contributed by atoms with E-state index in [0.29, 0.717) is 10.7 Å². The predicted molar refractivity (Wildman–Crippen MR) is 94.7 cm³/mol. The second kappa shape index (κ2) is 6.33. The molecule has 0 saturated carbocycles. The molecule has 0 radical (unpaired) electrons. The van der Waals surface area contributed by atoms with Crippen molar-refractivity contribution >= 4 is 29.0 Å². The molecule has 122 valence electrons. The van der Waals surface area contributed by atoms with Gasteiger partial charge in [0.1, 0.15) is 0 Å². The number of nitrogens with zero attached hydrogens (tertiary/aromatic N) is 3. The molecule has 6 nitrogen and oxygen atoms in total. The van der Waals surface area contributed by atoms with Crippen LogP contribution in [0, 0.1) is 13.8 Å². The van der Waals surface area contributed by atoms with Gasteiger partial charge in [-0.2, -0.15) is 4.68 Å². The van der Waals surface area contributed by atoms with Crippen LogP contribution in [-0.2, 0) is 0 Å². The van der Waals surface area contributed by atoms with Gasteiger partial charge in [-0.1, -0.05) is 28.9 Å². The van der Waals surface area contributed by atoms with Crippen molar-refractivity contribution in [2.45, 2.75) is 13.8 Å². The highest BCUT2D eigenvalue weighted by atomic mass is 35.5. The number of carbonyl (C=O) groups is 1. The number of nitrogen functional groups attached to an aromatic ring is 1. The Morgan fingerprint density at radius 3 is 2.58 bits per heavy atom. The number of amides is 1. The summed E-state index contributed by atoms with van der Waals surface area (Å²) in [7, 11) is 0. The minimum absolute atomic E-state index is 0.0749. The molecular formula is C17H16ClN5O. The van der Waals surface area contributed by atoms with Crippen molar-refractivity contribution in [1.82, 2.24) is 15.0 Å². The number of anilines is 2. The van der Waals surface area contributed by atoms with E-state index in [1.54, 1.807) is 24.3 Å². The number of hydrogen-bond acceptors (Lipinski definition) is 4. The third-order valence-corrected chi connectivity index (χ3v) is 4.10. The maximum Gasteiger partial charge on any atom is 0.280 e. The van der Waals surface area contributed by atoms with Crippen molar-refractivity contribution in [2.24, 2.45) is 0 Å². The van der Waals surface area contributed by atoms with Crippen molar-refractivity contribution in [1.29, 1.82) is 0 Å². The molecule has 1 amide bonds. The van der Waals surface area contributed by atoms with Crippen molar-refractivity contribution in [3.05, 3.63) is 64.3 Å². The number of carbonyl (C=O) groups excluding carboxylic acids is 1. The fourth-order valence-corrected chi connectivity index (χ4v) is 2.42. The minimum atomic E-state index is -0.401. The monoisotopic (exact) mass is 341 g/mol. The van der Waals surface area contributed by atoms with Gasteiger partial charge in [0.25, 0.3) is 5.91 Å². The fourth-order valence-electron chi connectivity index (χ4n) is 2.29. The van der Waals surface area contributed by atoms with E-state index in [-0.39, 0.29) is 11.5 Å². The Hall–Kier alpha value is -2.86. The third-order valence-electron chi connectivity index (χ3n) is 3.84. The SMILES string of the molecule is Cc1cccc(NC(=O)c2nnn(-c3ccc(Cl)cc3)c2N)c1C. The lowest BCUT2D eigenvalue weighted by Gasteiger charge is -2.09. The molecule has 0 fully saturated rings. The number of benzene rings is 2. The summed E-state index contributed by atoms with van der Waals surface area (Å²) < 4.78 is 1.40. The van der Waals surface area contributed by atoms with E-state index in [1.165, 1.54) is 4.68 Å². The quantitative estimate of drug-likeness (QED) is 0.764. The van der Waals surface area contributed by atoms with E-state index in [4.69, 9.17) is 17.3 Å². The van der Waals surface area contributed by atoms with E-state index < -0.39 is 5.91 Å². The molecule has 3 aromatic rings. The van der Waals surface area contributed by atoms with Gasteiger partial charge in [0, 0.05) is 10.7 Å². The second-order valence-electron chi connectivity index (χ2n) is 5.41. The molecule has 7 heteroatoms. The number of hydrogen-bond donors (Lipinski definition) is 2. The Kier molecular flexibility index (Phi) is 4.22.